The molecule has 2 rings (SSSR count). The van der Waals surface area contributed by atoms with Crippen molar-refractivity contribution in [3.63, 3.8) is 0 Å². The molecule has 0 radical (unpaired) electrons. The molecular weight excluding hydrogens is 178 g/mol. The zero-order valence-electron chi connectivity index (χ0n) is 8.73. The molecule has 1 aromatic heterocycles. The van der Waals surface area contributed by atoms with E-state index in [0.29, 0.717) is 12.1 Å². The summed E-state index contributed by atoms with van der Waals surface area (Å²) in [4.78, 5) is 0. The molecule has 0 aromatic carbocycles. The van der Waals surface area contributed by atoms with Crippen molar-refractivity contribution in [3.8, 4) is 0 Å². The number of nitrogens with zero attached hydrogens (tertiary/aromatic N) is 2. The van der Waals surface area contributed by atoms with Gasteiger partial charge in [-0.15, -0.1) is 0 Å². The molecule has 4 nitrogen and oxygen atoms in total. The first-order valence-electron chi connectivity index (χ1n) is 5.09. The van der Waals surface area contributed by atoms with Crippen LogP contribution in [0.2, 0.25) is 0 Å². The van der Waals surface area contributed by atoms with Gasteiger partial charge in [-0.2, -0.15) is 5.10 Å². The maximum Gasteiger partial charge on any atom is 0.0700 e. The number of ether oxygens (including phenoxy) is 1. The maximum atomic E-state index is 5.48. The van der Waals surface area contributed by atoms with E-state index in [1.165, 1.54) is 5.69 Å². The highest BCUT2D eigenvalue weighted by atomic mass is 16.5. The van der Waals surface area contributed by atoms with Crippen LogP contribution in [-0.2, 0) is 18.3 Å². The maximum absolute atomic E-state index is 5.48. The molecule has 1 saturated heterocycles. The molecule has 78 valence electrons. The molecule has 2 heterocycles. The summed E-state index contributed by atoms with van der Waals surface area (Å²) < 4.78 is 7.38. The standard InChI is InChI=1S/C10H17N3O/c1-8-10(4-6-14-8)11-7-9-3-5-12-13(9)2/h3,5,8,10-11H,4,6-7H2,1-2H3. The van der Waals surface area contributed by atoms with Crippen molar-refractivity contribution < 1.29 is 4.74 Å². The summed E-state index contributed by atoms with van der Waals surface area (Å²) in [5.74, 6) is 0. The molecule has 2 unspecified atom stereocenters. The first-order chi connectivity index (χ1) is 6.77. The van der Waals surface area contributed by atoms with Crippen molar-refractivity contribution in [3.05, 3.63) is 18.0 Å². The second-order valence-electron chi connectivity index (χ2n) is 3.80. The van der Waals surface area contributed by atoms with Gasteiger partial charge >= 0.3 is 0 Å². The number of hydrogen-bond acceptors (Lipinski definition) is 3. The third-order valence-corrected chi connectivity index (χ3v) is 2.84. The molecule has 2 atom stereocenters. The van der Waals surface area contributed by atoms with Gasteiger partial charge in [0, 0.05) is 32.4 Å². The van der Waals surface area contributed by atoms with Crippen LogP contribution in [-0.4, -0.2) is 28.5 Å². The molecule has 1 N–H and O–H groups in total. The normalized spacial score (nSPS) is 27.0. The Morgan fingerprint density at radius 1 is 1.71 bits per heavy atom. The fourth-order valence-electron chi connectivity index (χ4n) is 1.81. The molecule has 14 heavy (non-hydrogen) atoms. The van der Waals surface area contributed by atoms with Crippen LogP contribution < -0.4 is 5.32 Å². The second-order valence-corrected chi connectivity index (χ2v) is 3.80. The zero-order chi connectivity index (χ0) is 9.97. The van der Waals surface area contributed by atoms with Gasteiger partial charge in [0.1, 0.15) is 0 Å². The summed E-state index contributed by atoms with van der Waals surface area (Å²) in [6, 6.07) is 2.53. The molecule has 1 fully saturated rings. The van der Waals surface area contributed by atoms with Crippen LogP contribution in [0.15, 0.2) is 12.3 Å². The van der Waals surface area contributed by atoms with Crippen LogP contribution in [0.25, 0.3) is 0 Å². The van der Waals surface area contributed by atoms with E-state index < -0.39 is 0 Å². The summed E-state index contributed by atoms with van der Waals surface area (Å²) in [7, 11) is 1.96. The summed E-state index contributed by atoms with van der Waals surface area (Å²) in [6.07, 6.45) is 3.27. The monoisotopic (exact) mass is 195 g/mol. The number of aromatic nitrogens is 2. The lowest BCUT2D eigenvalue weighted by molar-refractivity contribution is 0.113. The van der Waals surface area contributed by atoms with Gasteiger partial charge in [0.2, 0.25) is 0 Å². The van der Waals surface area contributed by atoms with Gasteiger partial charge in [-0.1, -0.05) is 0 Å². The van der Waals surface area contributed by atoms with Crippen LogP contribution in [0.5, 0.6) is 0 Å². The van der Waals surface area contributed by atoms with E-state index in [1.807, 2.05) is 24.0 Å². The Hall–Kier alpha value is -0.870. The minimum atomic E-state index is 0.336. The first-order valence-corrected chi connectivity index (χ1v) is 5.09. The molecule has 4 heteroatoms. The second kappa shape index (κ2) is 4.11. The van der Waals surface area contributed by atoms with Crippen molar-refractivity contribution in [2.75, 3.05) is 6.61 Å². The molecule has 0 aliphatic carbocycles. The summed E-state index contributed by atoms with van der Waals surface area (Å²) in [5, 5.41) is 7.62. The molecule has 1 aliphatic heterocycles. The lowest BCUT2D eigenvalue weighted by Crippen LogP contribution is -2.34. The lowest BCUT2D eigenvalue weighted by atomic mass is 10.1. The van der Waals surface area contributed by atoms with Crippen molar-refractivity contribution >= 4 is 0 Å². The van der Waals surface area contributed by atoms with Crippen molar-refractivity contribution in [1.82, 2.24) is 15.1 Å². The number of rotatable bonds is 3. The minimum Gasteiger partial charge on any atom is -0.377 e. The van der Waals surface area contributed by atoms with E-state index in [-0.39, 0.29) is 0 Å². The van der Waals surface area contributed by atoms with Gasteiger partial charge in [0.05, 0.1) is 11.8 Å². The van der Waals surface area contributed by atoms with E-state index in [9.17, 15) is 0 Å². The van der Waals surface area contributed by atoms with Crippen molar-refractivity contribution in [1.29, 1.82) is 0 Å². The van der Waals surface area contributed by atoms with E-state index in [2.05, 4.69) is 17.3 Å². The average Bonchev–Trinajstić information content (AvgIpc) is 2.72. The molecule has 0 amide bonds. The highest BCUT2D eigenvalue weighted by Crippen LogP contribution is 2.13. The fourth-order valence-corrected chi connectivity index (χ4v) is 1.81. The molecular formula is C10H17N3O. The highest BCUT2D eigenvalue weighted by molar-refractivity contribution is 5.00. The number of aryl methyl sites for hydroxylation is 1. The zero-order valence-corrected chi connectivity index (χ0v) is 8.73. The predicted octanol–water partition coefficient (Wildman–Crippen LogP) is 0.687. The third kappa shape index (κ3) is 1.96. The summed E-state index contributed by atoms with van der Waals surface area (Å²) in [5.41, 5.74) is 1.21. The van der Waals surface area contributed by atoms with Crippen molar-refractivity contribution in [2.24, 2.45) is 7.05 Å². The Bertz CT molecular complexity index is 297. The third-order valence-electron chi connectivity index (χ3n) is 2.84. The summed E-state index contributed by atoms with van der Waals surface area (Å²) in [6.45, 7) is 3.87. The Kier molecular flexibility index (Phi) is 2.84. The Labute approximate surface area is 84.3 Å². The Balaban J connectivity index is 1.85. The van der Waals surface area contributed by atoms with Gasteiger partial charge in [0.25, 0.3) is 0 Å². The van der Waals surface area contributed by atoms with Crippen molar-refractivity contribution in [2.45, 2.75) is 32.0 Å². The van der Waals surface area contributed by atoms with Crippen LogP contribution in [0, 0.1) is 0 Å². The SMILES string of the molecule is CC1OCCC1NCc1ccnn1C. The van der Waals surface area contributed by atoms with Gasteiger partial charge < -0.3 is 10.1 Å². The average molecular weight is 195 g/mol. The molecule has 0 bridgehead atoms. The minimum absolute atomic E-state index is 0.336. The molecule has 1 aromatic rings. The van der Waals surface area contributed by atoms with E-state index in [1.54, 1.807) is 0 Å². The topological polar surface area (TPSA) is 39.1 Å². The van der Waals surface area contributed by atoms with Crippen LogP contribution in [0.4, 0.5) is 0 Å². The van der Waals surface area contributed by atoms with Gasteiger partial charge in [-0.25, -0.2) is 0 Å². The molecule has 0 saturated carbocycles. The number of hydrogen-bond donors (Lipinski definition) is 1. The fraction of sp³-hybridized carbons (Fsp3) is 0.700. The summed E-state index contributed by atoms with van der Waals surface area (Å²) >= 11 is 0. The largest absolute Gasteiger partial charge is 0.377 e. The number of nitrogens with one attached hydrogen (secondary N) is 1. The highest BCUT2D eigenvalue weighted by Gasteiger charge is 2.23. The Morgan fingerprint density at radius 3 is 3.14 bits per heavy atom. The van der Waals surface area contributed by atoms with E-state index >= 15 is 0 Å². The van der Waals surface area contributed by atoms with Gasteiger partial charge in [-0.3, -0.25) is 4.68 Å². The van der Waals surface area contributed by atoms with Crippen LogP contribution in [0.3, 0.4) is 0 Å². The van der Waals surface area contributed by atoms with Gasteiger partial charge in [-0.05, 0) is 19.4 Å². The smallest absolute Gasteiger partial charge is 0.0700 e. The van der Waals surface area contributed by atoms with Crippen LogP contribution in [0.1, 0.15) is 19.0 Å². The van der Waals surface area contributed by atoms with Crippen LogP contribution >= 0.6 is 0 Å². The quantitative estimate of drug-likeness (QED) is 0.771. The molecule has 1 aliphatic rings. The first kappa shape index (κ1) is 9.68. The lowest BCUT2D eigenvalue weighted by Gasteiger charge is -2.15. The van der Waals surface area contributed by atoms with E-state index in [4.69, 9.17) is 4.74 Å². The molecule has 0 spiro atoms. The van der Waals surface area contributed by atoms with E-state index in [0.717, 1.165) is 19.6 Å². The Morgan fingerprint density at radius 2 is 2.57 bits per heavy atom. The predicted molar refractivity (Wildman–Crippen MR) is 53.9 cm³/mol. The van der Waals surface area contributed by atoms with Gasteiger partial charge in [0.15, 0.2) is 0 Å².